The van der Waals surface area contributed by atoms with Gasteiger partial charge in [-0.15, -0.1) is 0 Å². The lowest BCUT2D eigenvalue weighted by Crippen LogP contribution is -2.30. The third-order valence-corrected chi connectivity index (χ3v) is 4.91. The lowest BCUT2D eigenvalue weighted by Gasteiger charge is -2.25. The summed E-state index contributed by atoms with van der Waals surface area (Å²) >= 11 is 0. The van der Waals surface area contributed by atoms with E-state index in [4.69, 9.17) is 0 Å². The van der Waals surface area contributed by atoms with E-state index in [-0.39, 0.29) is 0 Å². The van der Waals surface area contributed by atoms with Crippen LogP contribution in [-0.2, 0) is 6.54 Å². The fourth-order valence-electron chi connectivity index (χ4n) is 3.64. The van der Waals surface area contributed by atoms with E-state index in [1.165, 1.54) is 44.5 Å². The van der Waals surface area contributed by atoms with Gasteiger partial charge in [-0.3, -0.25) is 0 Å². The highest BCUT2D eigenvalue weighted by Gasteiger charge is 2.26. The molecule has 1 aromatic rings. The number of piperidine rings is 1. The van der Waals surface area contributed by atoms with Gasteiger partial charge in [0.2, 0.25) is 0 Å². The highest BCUT2D eigenvalue weighted by atomic mass is 15.2. The van der Waals surface area contributed by atoms with Crippen molar-refractivity contribution in [1.82, 2.24) is 19.8 Å². The van der Waals surface area contributed by atoms with Crippen molar-refractivity contribution in [2.24, 2.45) is 5.92 Å². The maximum absolute atomic E-state index is 4.40. The van der Waals surface area contributed by atoms with E-state index < -0.39 is 0 Å². The van der Waals surface area contributed by atoms with Crippen LogP contribution in [0.3, 0.4) is 0 Å². The SMILES string of the molecule is CC(C)N1CCC(Cn2cncc2C2CCCCN2)C1. The molecule has 3 rings (SSSR count). The summed E-state index contributed by atoms with van der Waals surface area (Å²) < 4.78 is 2.40. The zero-order chi connectivity index (χ0) is 13.9. The number of aromatic nitrogens is 2. The summed E-state index contributed by atoms with van der Waals surface area (Å²) in [6.45, 7) is 9.40. The Morgan fingerprint density at radius 3 is 2.95 bits per heavy atom. The molecule has 0 saturated carbocycles. The number of hydrogen-bond donors (Lipinski definition) is 1. The lowest BCUT2D eigenvalue weighted by atomic mass is 10.0. The Morgan fingerprint density at radius 2 is 2.25 bits per heavy atom. The molecule has 112 valence electrons. The van der Waals surface area contributed by atoms with E-state index in [0.717, 1.165) is 19.0 Å². The maximum Gasteiger partial charge on any atom is 0.0948 e. The first-order chi connectivity index (χ1) is 9.74. The van der Waals surface area contributed by atoms with Gasteiger partial charge in [0, 0.05) is 31.4 Å². The molecule has 2 atom stereocenters. The second kappa shape index (κ2) is 6.27. The number of nitrogens with zero attached hydrogens (tertiary/aromatic N) is 3. The third-order valence-electron chi connectivity index (χ3n) is 4.91. The highest BCUT2D eigenvalue weighted by Crippen LogP contribution is 2.25. The Bertz CT molecular complexity index is 420. The molecular weight excluding hydrogens is 248 g/mol. The summed E-state index contributed by atoms with van der Waals surface area (Å²) in [5.74, 6) is 0.786. The van der Waals surface area contributed by atoms with Crippen LogP contribution in [0.25, 0.3) is 0 Å². The molecular formula is C16H28N4. The summed E-state index contributed by atoms with van der Waals surface area (Å²) in [5.41, 5.74) is 1.40. The number of likely N-dealkylation sites (tertiary alicyclic amines) is 1. The monoisotopic (exact) mass is 276 g/mol. The zero-order valence-corrected chi connectivity index (χ0v) is 12.9. The molecule has 2 unspecified atom stereocenters. The topological polar surface area (TPSA) is 33.1 Å². The summed E-state index contributed by atoms with van der Waals surface area (Å²) in [5, 5.41) is 3.64. The fourth-order valence-corrected chi connectivity index (χ4v) is 3.64. The molecule has 0 aliphatic carbocycles. The average molecular weight is 276 g/mol. The molecule has 1 aromatic heterocycles. The van der Waals surface area contributed by atoms with Gasteiger partial charge < -0.3 is 14.8 Å². The van der Waals surface area contributed by atoms with Crippen LogP contribution in [0.5, 0.6) is 0 Å². The van der Waals surface area contributed by atoms with Crippen molar-refractivity contribution in [2.75, 3.05) is 19.6 Å². The molecule has 0 amide bonds. The van der Waals surface area contributed by atoms with Gasteiger partial charge in [-0.1, -0.05) is 6.42 Å². The maximum atomic E-state index is 4.40. The molecule has 0 spiro atoms. The van der Waals surface area contributed by atoms with Crippen LogP contribution in [-0.4, -0.2) is 40.1 Å². The first-order valence-electron chi connectivity index (χ1n) is 8.21. The smallest absolute Gasteiger partial charge is 0.0948 e. The van der Waals surface area contributed by atoms with Crippen molar-refractivity contribution >= 4 is 0 Å². The molecule has 4 nitrogen and oxygen atoms in total. The van der Waals surface area contributed by atoms with Crippen molar-refractivity contribution in [3.8, 4) is 0 Å². The van der Waals surface area contributed by atoms with Gasteiger partial charge in [0.1, 0.15) is 0 Å². The predicted octanol–water partition coefficient (Wildman–Crippen LogP) is 2.43. The van der Waals surface area contributed by atoms with Crippen molar-refractivity contribution in [2.45, 2.75) is 58.2 Å². The summed E-state index contributed by atoms with van der Waals surface area (Å²) in [7, 11) is 0. The van der Waals surface area contributed by atoms with Crippen molar-refractivity contribution in [1.29, 1.82) is 0 Å². The minimum absolute atomic E-state index is 0.522. The Morgan fingerprint density at radius 1 is 1.35 bits per heavy atom. The molecule has 1 N–H and O–H groups in total. The van der Waals surface area contributed by atoms with Gasteiger partial charge in [-0.2, -0.15) is 0 Å². The quantitative estimate of drug-likeness (QED) is 0.917. The molecule has 0 aromatic carbocycles. The van der Waals surface area contributed by atoms with Crippen LogP contribution in [0.2, 0.25) is 0 Å². The van der Waals surface area contributed by atoms with Crippen LogP contribution in [0, 0.1) is 5.92 Å². The Balaban J connectivity index is 1.62. The molecule has 0 bridgehead atoms. The number of hydrogen-bond acceptors (Lipinski definition) is 3. The molecule has 4 heteroatoms. The minimum atomic E-state index is 0.522. The largest absolute Gasteiger partial charge is 0.333 e. The van der Waals surface area contributed by atoms with Crippen molar-refractivity contribution < 1.29 is 0 Å². The van der Waals surface area contributed by atoms with Crippen LogP contribution in [0.15, 0.2) is 12.5 Å². The van der Waals surface area contributed by atoms with Gasteiger partial charge in [0.05, 0.1) is 12.0 Å². The Hall–Kier alpha value is -0.870. The van der Waals surface area contributed by atoms with E-state index in [1.54, 1.807) is 0 Å². The molecule has 20 heavy (non-hydrogen) atoms. The van der Waals surface area contributed by atoms with Gasteiger partial charge in [0.25, 0.3) is 0 Å². The third kappa shape index (κ3) is 3.07. The summed E-state index contributed by atoms with van der Waals surface area (Å²) in [6.07, 6.45) is 9.34. The van der Waals surface area contributed by atoms with Gasteiger partial charge in [-0.25, -0.2) is 4.98 Å². The number of rotatable bonds is 4. The lowest BCUT2D eigenvalue weighted by molar-refractivity contribution is 0.259. The first kappa shape index (κ1) is 14.1. The second-order valence-electron chi connectivity index (χ2n) is 6.72. The van der Waals surface area contributed by atoms with Crippen LogP contribution < -0.4 is 5.32 Å². The van der Waals surface area contributed by atoms with Crippen LogP contribution in [0.1, 0.15) is 51.3 Å². The first-order valence-corrected chi connectivity index (χ1v) is 8.21. The zero-order valence-electron chi connectivity index (χ0n) is 12.9. The van der Waals surface area contributed by atoms with E-state index in [9.17, 15) is 0 Å². The number of nitrogens with one attached hydrogen (secondary N) is 1. The highest BCUT2D eigenvalue weighted by molar-refractivity contribution is 5.06. The molecule has 2 aliphatic heterocycles. The van der Waals surface area contributed by atoms with Crippen LogP contribution >= 0.6 is 0 Å². The van der Waals surface area contributed by atoms with Gasteiger partial charge >= 0.3 is 0 Å². The average Bonchev–Trinajstić information content (AvgIpc) is 3.09. The van der Waals surface area contributed by atoms with Crippen molar-refractivity contribution in [3.63, 3.8) is 0 Å². The Kier molecular flexibility index (Phi) is 4.41. The van der Waals surface area contributed by atoms with Crippen molar-refractivity contribution in [3.05, 3.63) is 18.2 Å². The summed E-state index contributed by atoms with van der Waals surface area (Å²) in [4.78, 5) is 7.00. The standard InChI is InChI=1S/C16H28N4/c1-13(2)19-8-6-14(10-19)11-20-12-17-9-16(20)15-5-3-4-7-18-15/h9,12-15,18H,3-8,10-11H2,1-2H3. The number of imidazole rings is 1. The fraction of sp³-hybridized carbons (Fsp3) is 0.812. The molecule has 2 saturated heterocycles. The molecule has 0 radical (unpaired) electrons. The van der Waals surface area contributed by atoms with E-state index in [0.29, 0.717) is 12.1 Å². The second-order valence-corrected chi connectivity index (χ2v) is 6.72. The Labute approximate surface area is 122 Å². The minimum Gasteiger partial charge on any atom is -0.333 e. The molecule has 2 aliphatic rings. The van der Waals surface area contributed by atoms with Gasteiger partial charge in [-0.05, 0) is 52.1 Å². The van der Waals surface area contributed by atoms with E-state index in [2.05, 4.69) is 39.8 Å². The normalized spacial score (nSPS) is 28.4. The van der Waals surface area contributed by atoms with Gasteiger partial charge in [0.15, 0.2) is 0 Å². The summed E-state index contributed by atoms with van der Waals surface area (Å²) in [6, 6.07) is 1.20. The van der Waals surface area contributed by atoms with E-state index >= 15 is 0 Å². The molecule has 3 heterocycles. The molecule has 2 fully saturated rings. The van der Waals surface area contributed by atoms with E-state index in [1.807, 2.05) is 6.33 Å². The van der Waals surface area contributed by atoms with Crippen LogP contribution in [0.4, 0.5) is 0 Å². The predicted molar refractivity (Wildman–Crippen MR) is 81.6 cm³/mol.